The van der Waals surface area contributed by atoms with E-state index in [1.54, 1.807) is 11.1 Å². The molecule has 1 aliphatic rings. The Balaban J connectivity index is 1.64. The molecule has 0 aliphatic carbocycles. The molecule has 1 fully saturated rings. The van der Waals surface area contributed by atoms with Gasteiger partial charge in [0, 0.05) is 32.9 Å². The lowest BCUT2D eigenvalue weighted by atomic mass is 10.1. The summed E-state index contributed by atoms with van der Waals surface area (Å²) in [5.74, 6) is 0.882. The molecule has 1 aromatic heterocycles. The SMILES string of the molecule is Cc1ccc(CN(C)C(=O)c2ccc(N3CCOCC3)nc2)cc1. The molecular formula is C19H23N3O2. The normalized spacial score (nSPS) is 14.5. The fourth-order valence-electron chi connectivity index (χ4n) is 2.75. The minimum atomic E-state index is -0.0170. The number of nitrogens with zero attached hydrogens (tertiary/aromatic N) is 3. The predicted molar refractivity (Wildman–Crippen MR) is 94.2 cm³/mol. The first-order chi connectivity index (χ1) is 11.6. The molecular weight excluding hydrogens is 302 g/mol. The highest BCUT2D eigenvalue weighted by Gasteiger charge is 2.15. The molecule has 24 heavy (non-hydrogen) atoms. The number of carbonyl (C=O) groups is 1. The summed E-state index contributed by atoms with van der Waals surface area (Å²) < 4.78 is 5.35. The number of amides is 1. The first kappa shape index (κ1) is 16.5. The fourth-order valence-corrected chi connectivity index (χ4v) is 2.75. The lowest BCUT2D eigenvalue weighted by Crippen LogP contribution is -2.36. The van der Waals surface area contributed by atoms with Gasteiger partial charge in [-0.05, 0) is 24.6 Å². The van der Waals surface area contributed by atoms with E-state index in [2.05, 4.69) is 41.1 Å². The zero-order valence-corrected chi connectivity index (χ0v) is 14.2. The third-order valence-corrected chi connectivity index (χ3v) is 4.22. The Morgan fingerprint density at radius 2 is 1.88 bits per heavy atom. The van der Waals surface area contributed by atoms with E-state index in [-0.39, 0.29) is 5.91 Å². The van der Waals surface area contributed by atoms with Crippen LogP contribution in [-0.2, 0) is 11.3 Å². The van der Waals surface area contributed by atoms with Crippen LogP contribution < -0.4 is 4.90 Å². The number of aromatic nitrogens is 1. The number of carbonyl (C=O) groups excluding carboxylic acids is 1. The van der Waals surface area contributed by atoms with E-state index in [9.17, 15) is 4.79 Å². The van der Waals surface area contributed by atoms with Crippen molar-refractivity contribution in [3.05, 3.63) is 59.3 Å². The van der Waals surface area contributed by atoms with Crippen molar-refractivity contribution in [2.45, 2.75) is 13.5 Å². The Labute approximate surface area is 142 Å². The quantitative estimate of drug-likeness (QED) is 0.866. The molecule has 0 radical (unpaired) electrons. The van der Waals surface area contributed by atoms with Crippen molar-refractivity contribution in [1.29, 1.82) is 0 Å². The monoisotopic (exact) mass is 325 g/mol. The lowest BCUT2D eigenvalue weighted by Gasteiger charge is -2.27. The van der Waals surface area contributed by atoms with E-state index in [0.29, 0.717) is 12.1 Å². The average Bonchev–Trinajstić information content (AvgIpc) is 2.64. The molecule has 2 heterocycles. The molecule has 5 nitrogen and oxygen atoms in total. The molecule has 2 aromatic rings. The fraction of sp³-hybridized carbons (Fsp3) is 0.368. The highest BCUT2D eigenvalue weighted by atomic mass is 16.5. The van der Waals surface area contributed by atoms with Gasteiger partial charge in [0.2, 0.25) is 0 Å². The number of pyridine rings is 1. The van der Waals surface area contributed by atoms with Crippen molar-refractivity contribution in [2.24, 2.45) is 0 Å². The van der Waals surface area contributed by atoms with Gasteiger partial charge in [-0.1, -0.05) is 29.8 Å². The van der Waals surface area contributed by atoms with Gasteiger partial charge in [0.25, 0.3) is 5.91 Å². The molecule has 0 atom stereocenters. The van der Waals surface area contributed by atoms with Crippen molar-refractivity contribution in [1.82, 2.24) is 9.88 Å². The van der Waals surface area contributed by atoms with Gasteiger partial charge in [-0.2, -0.15) is 0 Å². The van der Waals surface area contributed by atoms with Crippen LogP contribution in [0.4, 0.5) is 5.82 Å². The highest BCUT2D eigenvalue weighted by molar-refractivity contribution is 5.93. The summed E-state index contributed by atoms with van der Waals surface area (Å²) in [6.07, 6.45) is 1.67. The molecule has 0 saturated carbocycles. The summed E-state index contributed by atoms with van der Waals surface area (Å²) in [5.41, 5.74) is 2.95. The maximum atomic E-state index is 12.6. The van der Waals surface area contributed by atoms with Crippen LogP contribution in [-0.4, -0.2) is 49.1 Å². The number of hydrogen-bond donors (Lipinski definition) is 0. The topological polar surface area (TPSA) is 45.7 Å². The van der Waals surface area contributed by atoms with Gasteiger partial charge in [-0.25, -0.2) is 4.98 Å². The van der Waals surface area contributed by atoms with Gasteiger partial charge in [0.1, 0.15) is 5.82 Å². The van der Waals surface area contributed by atoms with E-state index >= 15 is 0 Å². The number of ether oxygens (including phenoxy) is 1. The van der Waals surface area contributed by atoms with Crippen LogP contribution in [0.5, 0.6) is 0 Å². The van der Waals surface area contributed by atoms with Crippen LogP contribution in [0.2, 0.25) is 0 Å². The van der Waals surface area contributed by atoms with Crippen LogP contribution in [0.1, 0.15) is 21.5 Å². The Kier molecular flexibility index (Phi) is 5.11. The zero-order valence-electron chi connectivity index (χ0n) is 14.2. The molecule has 1 amide bonds. The zero-order chi connectivity index (χ0) is 16.9. The van der Waals surface area contributed by atoms with E-state index in [4.69, 9.17) is 4.74 Å². The Bertz CT molecular complexity index is 677. The van der Waals surface area contributed by atoms with Gasteiger partial charge in [-0.3, -0.25) is 4.79 Å². The summed E-state index contributed by atoms with van der Waals surface area (Å²) in [6.45, 7) is 5.77. The molecule has 0 unspecified atom stereocenters. The van der Waals surface area contributed by atoms with E-state index in [1.807, 2.05) is 19.2 Å². The maximum Gasteiger partial charge on any atom is 0.255 e. The molecule has 3 rings (SSSR count). The van der Waals surface area contributed by atoms with Gasteiger partial charge in [0.15, 0.2) is 0 Å². The average molecular weight is 325 g/mol. The Hall–Kier alpha value is -2.40. The molecule has 1 aliphatic heterocycles. The van der Waals surface area contributed by atoms with E-state index in [0.717, 1.165) is 37.7 Å². The third kappa shape index (κ3) is 3.92. The number of benzene rings is 1. The second-order valence-corrected chi connectivity index (χ2v) is 6.15. The molecule has 5 heteroatoms. The van der Waals surface area contributed by atoms with Crippen molar-refractivity contribution >= 4 is 11.7 Å². The van der Waals surface area contributed by atoms with Crippen LogP contribution in [0.15, 0.2) is 42.6 Å². The summed E-state index contributed by atoms with van der Waals surface area (Å²) in [6, 6.07) is 12.0. The predicted octanol–water partition coefficient (Wildman–Crippen LogP) is 2.50. The Morgan fingerprint density at radius 3 is 2.50 bits per heavy atom. The summed E-state index contributed by atoms with van der Waals surface area (Å²) >= 11 is 0. The second kappa shape index (κ2) is 7.45. The first-order valence-electron chi connectivity index (χ1n) is 8.23. The van der Waals surface area contributed by atoms with Crippen LogP contribution >= 0.6 is 0 Å². The van der Waals surface area contributed by atoms with Crippen molar-refractivity contribution < 1.29 is 9.53 Å². The van der Waals surface area contributed by atoms with Crippen molar-refractivity contribution in [2.75, 3.05) is 38.3 Å². The van der Waals surface area contributed by atoms with Crippen molar-refractivity contribution in [3.8, 4) is 0 Å². The smallest absolute Gasteiger partial charge is 0.255 e. The van der Waals surface area contributed by atoms with Crippen LogP contribution in [0.25, 0.3) is 0 Å². The molecule has 126 valence electrons. The van der Waals surface area contributed by atoms with Crippen LogP contribution in [0.3, 0.4) is 0 Å². The molecule has 0 bridgehead atoms. The minimum Gasteiger partial charge on any atom is -0.378 e. The van der Waals surface area contributed by atoms with Gasteiger partial charge < -0.3 is 14.5 Å². The van der Waals surface area contributed by atoms with E-state index < -0.39 is 0 Å². The molecule has 0 spiro atoms. The van der Waals surface area contributed by atoms with E-state index in [1.165, 1.54) is 5.56 Å². The lowest BCUT2D eigenvalue weighted by molar-refractivity contribution is 0.0784. The number of rotatable bonds is 4. The number of anilines is 1. The summed E-state index contributed by atoms with van der Waals surface area (Å²) in [7, 11) is 1.82. The highest BCUT2D eigenvalue weighted by Crippen LogP contribution is 2.15. The minimum absolute atomic E-state index is 0.0170. The molecule has 0 N–H and O–H groups in total. The third-order valence-electron chi connectivity index (χ3n) is 4.22. The second-order valence-electron chi connectivity index (χ2n) is 6.15. The standard InChI is InChI=1S/C19H23N3O2/c1-15-3-5-16(6-4-15)14-21(2)19(23)17-7-8-18(20-13-17)22-9-11-24-12-10-22/h3-8,13H,9-12,14H2,1-2H3. The van der Waals surface area contributed by atoms with Crippen LogP contribution in [0, 0.1) is 6.92 Å². The maximum absolute atomic E-state index is 12.6. The number of aryl methyl sites for hydroxylation is 1. The molecule has 1 saturated heterocycles. The summed E-state index contributed by atoms with van der Waals surface area (Å²) in [4.78, 5) is 20.9. The largest absolute Gasteiger partial charge is 0.378 e. The van der Waals surface area contributed by atoms with Gasteiger partial charge in [-0.15, -0.1) is 0 Å². The van der Waals surface area contributed by atoms with Gasteiger partial charge >= 0.3 is 0 Å². The number of morpholine rings is 1. The molecule has 1 aromatic carbocycles. The number of hydrogen-bond acceptors (Lipinski definition) is 4. The van der Waals surface area contributed by atoms with Gasteiger partial charge in [0.05, 0.1) is 18.8 Å². The Morgan fingerprint density at radius 1 is 1.17 bits per heavy atom. The summed E-state index contributed by atoms with van der Waals surface area (Å²) in [5, 5.41) is 0. The first-order valence-corrected chi connectivity index (χ1v) is 8.23. The van der Waals surface area contributed by atoms with Crippen molar-refractivity contribution in [3.63, 3.8) is 0 Å².